The summed E-state index contributed by atoms with van der Waals surface area (Å²) >= 11 is 0. The molecule has 6 heteroatoms. The highest BCUT2D eigenvalue weighted by molar-refractivity contribution is 5.71. The minimum Gasteiger partial charge on any atom is -0.462 e. The van der Waals surface area contributed by atoms with Crippen molar-refractivity contribution in [3.05, 3.63) is 12.2 Å². The van der Waals surface area contributed by atoms with E-state index in [0.717, 1.165) is 64.2 Å². The Balaban J connectivity index is 3.96. The predicted octanol–water partition coefficient (Wildman–Crippen LogP) is 24.4. The molecule has 0 aliphatic heterocycles. The van der Waals surface area contributed by atoms with Crippen LogP contribution in [0, 0.1) is 0 Å². The first-order valence-corrected chi connectivity index (χ1v) is 35.7. The Hall–Kier alpha value is -1.85. The highest BCUT2D eigenvalue weighted by Gasteiger charge is 2.19. The van der Waals surface area contributed by atoms with Gasteiger partial charge in [0, 0.05) is 19.3 Å². The molecule has 0 rings (SSSR count). The second-order valence-corrected chi connectivity index (χ2v) is 24.5. The summed E-state index contributed by atoms with van der Waals surface area (Å²) in [5.74, 6) is -0.849. The van der Waals surface area contributed by atoms with E-state index >= 15 is 0 Å². The number of esters is 3. The lowest BCUT2D eigenvalue weighted by molar-refractivity contribution is -0.167. The van der Waals surface area contributed by atoms with Crippen molar-refractivity contribution >= 4 is 17.9 Å². The maximum absolute atomic E-state index is 12.9. The summed E-state index contributed by atoms with van der Waals surface area (Å²) in [5, 5.41) is 0. The Labute approximate surface area is 488 Å². The summed E-state index contributed by atoms with van der Waals surface area (Å²) in [4.78, 5) is 38.2. The highest BCUT2D eigenvalue weighted by Crippen LogP contribution is 2.19. The lowest BCUT2D eigenvalue weighted by atomic mass is 10.0. The Morgan fingerprint density at radius 1 is 0.244 bits per heavy atom. The zero-order chi connectivity index (χ0) is 56.4. The quantitative estimate of drug-likeness (QED) is 0.0261. The van der Waals surface area contributed by atoms with E-state index in [0.29, 0.717) is 19.3 Å². The van der Waals surface area contributed by atoms with E-state index in [9.17, 15) is 14.4 Å². The molecule has 0 aliphatic rings. The molecule has 0 aromatic heterocycles. The van der Waals surface area contributed by atoms with Crippen molar-refractivity contribution in [3.63, 3.8) is 0 Å². The molecule has 0 N–H and O–H groups in total. The van der Waals surface area contributed by atoms with Crippen LogP contribution in [0.25, 0.3) is 0 Å². The van der Waals surface area contributed by atoms with Gasteiger partial charge in [0.25, 0.3) is 0 Å². The average Bonchev–Trinajstić information content (AvgIpc) is 3.44. The first-order chi connectivity index (χ1) is 38.5. The number of hydrogen-bond donors (Lipinski definition) is 0. The van der Waals surface area contributed by atoms with Gasteiger partial charge in [-0.15, -0.1) is 0 Å². The Morgan fingerprint density at radius 3 is 0.641 bits per heavy atom. The predicted molar refractivity (Wildman–Crippen MR) is 340 cm³/mol. The molecule has 78 heavy (non-hydrogen) atoms. The van der Waals surface area contributed by atoms with Crippen molar-refractivity contribution in [2.45, 2.75) is 419 Å². The fourth-order valence-electron chi connectivity index (χ4n) is 11.2. The zero-order valence-corrected chi connectivity index (χ0v) is 53.2. The van der Waals surface area contributed by atoms with Gasteiger partial charge in [0.2, 0.25) is 0 Å². The fraction of sp³-hybridized carbons (Fsp3) is 0.931. The summed E-state index contributed by atoms with van der Waals surface area (Å²) in [6.07, 6.45) is 81.4. The van der Waals surface area contributed by atoms with Gasteiger partial charge in [-0.05, 0) is 44.9 Å². The number of hydrogen-bond acceptors (Lipinski definition) is 6. The van der Waals surface area contributed by atoms with Crippen molar-refractivity contribution in [2.75, 3.05) is 13.2 Å². The van der Waals surface area contributed by atoms with E-state index in [2.05, 4.69) is 32.9 Å². The number of ether oxygens (including phenoxy) is 3. The molecule has 0 saturated carbocycles. The minimum atomic E-state index is -0.769. The van der Waals surface area contributed by atoms with Crippen molar-refractivity contribution in [1.29, 1.82) is 0 Å². The van der Waals surface area contributed by atoms with Gasteiger partial charge < -0.3 is 14.2 Å². The van der Waals surface area contributed by atoms with Gasteiger partial charge >= 0.3 is 17.9 Å². The van der Waals surface area contributed by atoms with E-state index in [1.807, 2.05) is 0 Å². The van der Waals surface area contributed by atoms with Crippen LogP contribution in [0.15, 0.2) is 12.2 Å². The number of carbonyl (C=O) groups excluding carboxylic acids is 3. The molecule has 0 spiro atoms. The molecule has 1 unspecified atom stereocenters. The van der Waals surface area contributed by atoms with Gasteiger partial charge in [-0.3, -0.25) is 14.4 Å². The zero-order valence-electron chi connectivity index (χ0n) is 53.2. The molecule has 6 nitrogen and oxygen atoms in total. The first-order valence-electron chi connectivity index (χ1n) is 35.7. The third kappa shape index (κ3) is 65.0. The van der Waals surface area contributed by atoms with Crippen LogP contribution in [0.4, 0.5) is 0 Å². The van der Waals surface area contributed by atoms with Crippen LogP contribution in [0.2, 0.25) is 0 Å². The summed E-state index contributed by atoms with van der Waals surface area (Å²) in [7, 11) is 0. The molecule has 0 aromatic rings. The van der Waals surface area contributed by atoms with Crippen LogP contribution in [0.3, 0.4) is 0 Å². The molecule has 462 valence electrons. The lowest BCUT2D eigenvalue weighted by Gasteiger charge is -2.18. The van der Waals surface area contributed by atoms with E-state index in [1.54, 1.807) is 0 Å². The summed E-state index contributed by atoms with van der Waals surface area (Å²) < 4.78 is 16.9. The third-order valence-corrected chi connectivity index (χ3v) is 16.5. The van der Waals surface area contributed by atoms with Gasteiger partial charge in [0.1, 0.15) is 13.2 Å². The van der Waals surface area contributed by atoms with Gasteiger partial charge in [0.05, 0.1) is 0 Å². The topological polar surface area (TPSA) is 78.9 Å². The largest absolute Gasteiger partial charge is 0.462 e. The van der Waals surface area contributed by atoms with Crippen LogP contribution in [0.5, 0.6) is 0 Å². The van der Waals surface area contributed by atoms with Crippen LogP contribution in [-0.2, 0) is 28.6 Å². The monoisotopic (exact) mass is 1100 g/mol. The van der Waals surface area contributed by atoms with Gasteiger partial charge in [0.15, 0.2) is 6.10 Å². The van der Waals surface area contributed by atoms with Crippen molar-refractivity contribution < 1.29 is 28.6 Å². The van der Waals surface area contributed by atoms with Crippen LogP contribution < -0.4 is 0 Å². The molecule has 0 radical (unpaired) electrons. The average molecular weight is 1100 g/mol. The number of carbonyl (C=O) groups is 3. The molecule has 0 heterocycles. The summed E-state index contributed by atoms with van der Waals surface area (Å²) in [5.41, 5.74) is 0. The number of unbranched alkanes of at least 4 members (excludes halogenated alkanes) is 54. The molecular weight excluding hydrogens is 961 g/mol. The smallest absolute Gasteiger partial charge is 0.306 e. The minimum absolute atomic E-state index is 0.0673. The third-order valence-electron chi connectivity index (χ3n) is 16.5. The standard InChI is InChI=1S/C72H138O6/c1-4-7-10-13-16-19-22-24-26-27-28-29-30-31-32-33-34-35-36-37-38-39-40-41-42-43-44-45-47-48-50-53-56-59-62-65-71(74)77-68-69(67-76-70(73)64-61-58-55-52-21-18-15-12-9-6-3)78-72(75)66-63-60-57-54-51-49-46-25-23-20-17-14-11-8-5-2/h25,46,69H,4-24,26-45,47-68H2,1-3H3/b46-25-. The van der Waals surface area contributed by atoms with Gasteiger partial charge in [-0.25, -0.2) is 0 Å². The Morgan fingerprint density at radius 2 is 0.423 bits per heavy atom. The normalized spacial score (nSPS) is 12.0. The molecule has 0 fully saturated rings. The molecule has 0 bridgehead atoms. The van der Waals surface area contributed by atoms with Gasteiger partial charge in [-0.2, -0.15) is 0 Å². The van der Waals surface area contributed by atoms with Gasteiger partial charge in [-0.1, -0.05) is 360 Å². The maximum Gasteiger partial charge on any atom is 0.306 e. The SMILES string of the molecule is CCCCCCCC/C=C\CCCCCCCC(=O)OC(COC(=O)CCCCCCCCCCCC)COC(=O)CCCCCCCCCCCCCCCCCCCCCCCCCCCCCCCCCCCCC. The Bertz CT molecular complexity index is 1210. The van der Waals surface area contributed by atoms with Crippen molar-refractivity contribution in [2.24, 2.45) is 0 Å². The molecule has 0 aromatic carbocycles. The lowest BCUT2D eigenvalue weighted by Crippen LogP contribution is -2.30. The second-order valence-electron chi connectivity index (χ2n) is 24.5. The molecule has 1 atom stereocenters. The van der Waals surface area contributed by atoms with E-state index in [-0.39, 0.29) is 31.1 Å². The molecule has 0 aliphatic carbocycles. The fourth-order valence-corrected chi connectivity index (χ4v) is 11.2. The maximum atomic E-state index is 12.9. The summed E-state index contributed by atoms with van der Waals surface area (Å²) in [6.45, 7) is 6.69. The first kappa shape index (κ1) is 76.1. The summed E-state index contributed by atoms with van der Waals surface area (Å²) in [6, 6.07) is 0. The molecule has 0 amide bonds. The molecule has 0 saturated heterocycles. The number of allylic oxidation sites excluding steroid dienone is 2. The van der Waals surface area contributed by atoms with Crippen LogP contribution >= 0.6 is 0 Å². The highest BCUT2D eigenvalue weighted by atomic mass is 16.6. The molecular formula is C72H138O6. The van der Waals surface area contributed by atoms with E-state index < -0.39 is 6.10 Å². The van der Waals surface area contributed by atoms with E-state index in [1.165, 1.54) is 308 Å². The van der Waals surface area contributed by atoms with Crippen LogP contribution in [0.1, 0.15) is 412 Å². The number of rotatable bonds is 67. The Kier molecular flexibility index (Phi) is 66.0. The van der Waals surface area contributed by atoms with E-state index in [4.69, 9.17) is 14.2 Å². The van der Waals surface area contributed by atoms with Crippen molar-refractivity contribution in [1.82, 2.24) is 0 Å². The van der Waals surface area contributed by atoms with Crippen molar-refractivity contribution in [3.8, 4) is 0 Å². The van der Waals surface area contributed by atoms with Crippen LogP contribution in [-0.4, -0.2) is 37.2 Å². The second kappa shape index (κ2) is 67.7.